The molecule has 0 bridgehead atoms. The number of unbranched alkanes of at least 4 members (excludes halogenated alkanes) is 16. The zero-order valence-electron chi connectivity index (χ0n) is 32.5. The molecule has 0 N–H and O–H groups in total. The first-order chi connectivity index (χ1) is 25.4. The molecule has 0 radical (unpaired) electrons. The monoisotopic (exact) mass is 726 g/mol. The number of nitrogens with zero attached hydrogens (tertiary/aromatic N) is 4. The van der Waals surface area contributed by atoms with Crippen molar-refractivity contribution < 1.29 is 28.6 Å². The van der Waals surface area contributed by atoms with Crippen molar-refractivity contribution in [2.45, 2.75) is 175 Å². The number of esters is 3. The normalized spacial score (nSPS) is 12.9. The largest absolute Gasteiger partial charge is 0.462 e. The minimum absolute atomic E-state index is 0.182. The van der Waals surface area contributed by atoms with E-state index in [1.54, 1.807) is 4.57 Å². The van der Waals surface area contributed by atoms with Gasteiger partial charge in [-0.2, -0.15) is 4.98 Å². The molecule has 3 rings (SSSR count). The highest BCUT2D eigenvalue weighted by Crippen LogP contribution is 2.19. The first kappa shape index (κ1) is 42.9. The summed E-state index contributed by atoms with van der Waals surface area (Å²) < 4.78 is 18.4. The van der Waals surface area contributed by atoms with Gasteiger partial charge < -0.3 is 23.7 Å². The van der Waals surface area contributed by atoms with E-state index in [-0.39, 0.29) is 37.0 Å². The highest BCUT2D eigenvalue weighted by Gasteiger charge is 2.25. The number of aromatic nitrogens is 3. The molecule has 1 saturated heterocycles. The van der Waals surface area contributed by atoms with Crippen LogP contribution in [0.25, 0.3) is 11.0 Å². The minimum atomic E-state index is -1.06. The number of ether oxygens (including phenoxy) is 3. The summed E-state index contributed by atoms with van der Waals surface area (Å²) in [6.07, 6.45) is 25.0. The van der Waals surface area contributed by atoms with Crippen LogP contribution in [-0.2, 0) is 30.3 Å². The van der Waals surface area contributed by atoms with E-state index < -0.39 is 29.4 Å². The van der Waals surface area contributed by atoms with Crippen LogP contribution in [-0.4, -0.2) is 64.9 Å². The second-order valence-corrected chi connectivity index (χ2v) is 14.3. The number of anilines is 1. The lowest BCUT2D eigenvalue weighted by Gasteiger charge is -2.19. The predicted molar refractivity (Wildman–Crippen MR) is 206 cm³/mol. The minimum Gasteiger partial charge on any atom is -0.462 e. The van der Waals surface area contributed by atoms with Crippen LogP contribution in [0.4, 0.5) is 5.95 Å². The van der Waals surface area contributed by atoms with E-state index in [0.29, 0.717) is 18.1 Å². The lowest BCUT2D eigenvalue weighted by atomic mass is 10.1. The fourth-order valence-corrected chi connectivity index (χ4v) is 6.63. The van der Waals surface area contributed by atoms with E-state index in [2.05, 4.69) is 28.7 Å². The Morgan fingerprint density at radius 1 is 0.712 bits per heavy atom. The van der Waals surface area contributed by atoms with Crippen LogP contribution < -0.4 is 10.3 Å². The van der Waals surface area contributed by atoms with Gasteiger partial charge in [-0.1, -0.05) is 117 Å². The van der Waals surface area contributed by atoms with Crippen LogP contribution in [0.5, 0.6) is 0 Å². The molecule has 0 saturated carbocycles. The molecular weight excluding hydrogens is 660 g/mol. The summed E-state index contributed by atoms with van der Waals surface area (Å²) in [5.41, 5.74) is -0.270. The number of rotatable bonds is 28. The Balaban J connectivity index is 1.57. The number of pyridine rings is 1. The van der Waals surface area contributed by atoms with Crippen molar-refractivity contribution in [1.29, 1.82) is 0 Å². The smallest absolute Gasteiger partial charge is 0.344 e. The molecule has 0 aliphatic carbocycles. The molecule has 11 heteroatoms. The van der Waals surface area contributed by atoms with Gasteiger partial charge in [0, 0.05) is 44.9 Å². The standard InChI is InChI=1S/C41H66N4O7/c1-4-7-9-11-13-15-17-19-21-25-36(46)50-31-33(32-51-37(47)26-22-20-18-16-14-12-10-8-5-2)52-40(49)35-30-44(6-3)39-34(38(35)48)29-42-41(43-39)45-27-23-24-28-45/h29-30,33H,4-28,31-32H2,1-3H3. The zero-order chi connectivity index (χ0) is 37.4. The number of hydrogen-bond donors (Lipinski definition) is 0. The Morgan fingerprint density at radius 2 is 1.19 bits per heavy atom. The maximum Gasteiger partial charge on any atom is 0.344 e. The Kier molecular flexibility index (Phi) is 21.0. The van der Waals surface area contributed by atoms with Crippen LogP contribution in [0.15, 0.2) is 17.2 Å². The summed E-state index contributed by atoms with van der Waals surface area (Å²) in [5.74, 6) is -1.10. The molecule has 0 atom stereocenters. The summed E-state index contributed by atoms with van der Waals surface area (Å²) in [7, 11) is 0. The quantitative estimate of drug-likeness (QED) is 0.0476. The van der Waals surface area contributed by atoms with E-state index in [9.17, 15) is 19.2 Å². The fraction of sp³-hybridized carbons (Fsp3) is 0.756. The Hall–Kier alpha value is -3.50. The molecule has 2 aromatic heterocycles. The third kappa shape index (κ3) is 15.6. The van der Waals surface area contributed by atoms with Gasteiger partial charge in [0.05, 0.1) is 5.39 Å². The summed E-state index contributed by atoms with van der Waals surface area (Å²) in [6.45, 7) is 7.97. The van der Waals surface area contributed by atoms with Gasteiger partial charge in [0.1, 0.15) is 24.4 Å². The molecule has 1 aliphatic rings. The van der Waals surface area contributed by atoms with Crippen molar-refractivity contribution in [1.82, 2.24) is 14.5 Å². The van der Waals surface area contributed by atoms with Crippen molar-refractivity contribution in [3.63, 3.8) is 0 Å². The van der Waals surface area contributed by atoms with Crippen LogP contribution in [0.2, 0.25) is 0 Å². The highest BCUT2D eigenvalue weighted by molar-refractivity contribution is 5.93. The van der Waals surface area contributed by atoms with Crippen molar-refractivity contribution in [3.8, 4) is 0 Å². The van der Waals surface area contributed by atoms with Crippen LogP contribution >= 0.6 is 0 Å². The molecule has 292 valence electrons. The molecule has 3 heterocycles. The lowest BCUT2D eigenvalue weighted by Crippen LogP contribution is -2.33. The molecule has 0 amide bonds. The molecule has 11 nitrogen and oxygen atoms in total. The maximum absolute atomic E-state index is 13.5. The molecular formula is C41H66N4O7. The summed E-state index contributed by atoms with van der Waals surface area (Å²) >= 11 is 0. The third-order valence-corrected chi connectivity index (χ3v) is 9.85. The van der Waals surface area contributed by atoms with Crippen LogP contribution in [0, 0.1) is 0 Å². The lowest BCUT2D eigenvalue weighted by molar-refractivity contribution is -0.152. The summed E-state index contributed by atoms with van der Waals surface area (Å²) in [4.78, 5) is 63.4. The van der Waals surface area contributed by atoms with Gasteiger partial charge >= 0.3 is 17.9 Å². The SMILES string of the molecule is CCCCCCCCCCCC(=O)OCC(COC(=O)CCCCCCCCCCC)OC(=O)c1cn(CC)c2nc(N3CCCC3)ncc2c1=O. The maximum atomic E-state index is 13.5. The van der Waals surface area contributed by atoms with Gasteiger partial charge in [0.2, 0.25) is 11.4 Å². The van der Waals surface area contributed by atoms with Crippen molar-refractivity contribution >= 4 is 34.9 Å². The molecule has 0 unspecified atom stereocenters. The Morgan fingerprint density at radius 3 is 1.67 bits per heavy atom. The van der Waals surface area contributed by atoms with Crippen molar-refractivity contribution in [3.05, 3.63) is 28.2 Å². The number of hydrogen-bond acceptors (Lipinski definition) is 10. The molecule has 0 aromatic carbocycles. The molecule has 1 fully saturated rings. The first-order valence-electron chi connectivity index (χ1n) is 20.5. The van der Waals surface area contributed by atoms with Gasteiger partial charge in [-0.3, -0.25) is 14.4 Å². The van der Waals surface area contributed by atoms with Gasteiger partial charge in [-0.25, -0.2) is 9.78 Å². The van der Waals surface area contributed by atoms with E-state index in [0.717, 1.165) is 64.5 Å². The van der Waals surface area contributed by atoms with Gasteiger partial charge in [-0.05, 0) is 32.6 Å². The molecule has 0 spiro atoms. The van der Waals surface area contributed by atoms with Gasteiger partial charge in [-0.15, -0.1) is 0 Å². The fourth-order valence-electron chi connectivity index (χ4n) is 6.63. The van der Waals surface area contributed by atoms with Gasteiger partial charge in [0.25, 0.3) is 0 Å². The van der Waals surface area contributed by atoms with Crippen molar-refractivity contribution in [2.24, 2.45) is 0 Å². The number of carbonyl (C=O) groups excluding carboxylic acids is 3. The first-order valence-corrected chi connectivity index (χ1v) is 20.5. The average molecular weight is 727 g/mol. The number of fused-ring (bicyclic) bond motifs is 1. The Bertz CT molecular complexity index is 1370. The second-order valence-electron chi connectivity index (χ2n) is 14.3. The molecule has 2 aromatic rings. The number of carbonyl (C=O) groups is 3. The van der Waals surface area contributed by atoms with Crippen LogP contribution in [0.3, 0.4) is 0 Å². The van der Waals surface area contributed by atoms with E-state index in [4.69, 9.17) is 14.2 Å². The summed E-state index contributed by atoms with van der Waals surface area (Å²) in [5, 5.41) is 0.218. The highest BCUT2D eigenvalue weighted by atomic mass is 16.6. The number of aryl methyl sites for hydroxylation is 1. The Labute approximate surface area is 311 Å². The van der Waals surface area contributed by atoms with E-state index in [1.807, 2.05) is 6.92 Å². The topological polar surface area (TPSA) is 130 Å². The average Bonchev–Trinajstić information content (AvgIpc) is 3.70. The van der Waals surface area contributed by atoms with Crippen molar-refractivity contribution in [2.75, 3.05) is 31.2 Å². The van der Waals surface area contributed by atoms with E-state index in [1.165, 1.54) is 89.4 Å². The van der Waals surface area contributed by atoms with Crippen LogP contribution in [0.1, 0.15) is 172 Å². The summed E-state index contributed by atoms with van der Waals surface area (Å²) in [6, 6.07) is 0. The predicted octanol–water partition coefficient (Wildman–Crippen LogP) is 8.87. The molecule has 1 aliphatic heterocycles. The van der Waals surface area contributed by atoms with E-state index >= 15 is 0 Å². The molecule has 52 heavy (non-hydrogen) atoms. The van der Waals surface area contributed by atoms with Gasteiger partial charge in [0.15, 0.2) is 6.10 Å². The zero-order valence-corrected chi connectivity index (χ0v) is 32.5. The second kappa shape index (κ2) is 25.5. The third-order valence-electron chi connectivity index (χ3n) is 9.85.